The van der Waals surface area contributed by atoms with E-state index < -0.39 is 5.60 Å². The van der Waals surface area contributed by atoms with E-state index in [1.54, 1.807) is 11.3 Å². The molecule has 1 aliphatic heterocycles. The number of benzene rings is 1. The molecule has 5 heteroatoms. The summed E-state index contributed by atoms with van der Waals surface area (Å²) in [5, 5.41) is 14.0. The lowest BCUT2D eigenvalue weighted by Crippen LogP contribution is -2.50. The molecule has 1 aromatic heterocycles. The van der Waals surface area contributed by atoms with Crippen LogP contribution < -0.4 is 5.32 Å². The molecule has 4 nitrogen and oxygen atoms in total. The van der Waals surface area contributed by atoms with Crippen molar-refractivity contribution in [1.82, 2.24) is 10.2 Å². The maximum Gasteiger partial charge on any atom is 0.0869 e. The van der Waals surface area contributed by atoms with Crippen LogP contribution in [-0.2, 0) is 11.3 Å². The van der Waals surface area contributed by atoms with Gasteiger partial charge in [-0.15, -0.1) is 11.3 Å². The molecule has 2 N–H and O–H groups in total. The lowest BCUT2D eigenvalue weighted by molar-refractivity contribution is -0.0219. The van der Waals surface area contributed by atoms with Gasteiger partial charge in [0.25, 0.3) is 0 Å². The molecule has 1 unspecified atom stereocenters. The predicted octanol–water partition coefficient (Wildman–Crippen LogP) is 2.59. The van der Waals surface area contributed by atoms with Gasteiger partial charge in [-0.05, 0) is 24.6 Å². The van der Waals surface area contributed by atoms with Crippen LogP contribution in [0, 0.1) is 0 Å². The van der Waals surface area contributed by atoms with Crippen LogP contribution in [0.2, 0.25) is 0 Å². The van der Waals surface area contributed by atoms with Crippen molar-refractivity contribution >= 4 is 11.3 Å². The Morgan fingerprint density at radius 2 is 1.92 bits per heavy atom. The Morgan fingerprint density at radius 1 is 1.17 bits per heavy atom. The smallest absolute Gasteiger partial charge is 0.0869 e. The first-order valence-corrected chi connectivity index (χ1v) is 9.31. The molecular formula is C19H26N2O2S. The van der Waals surface area contributed by atoms with Crippen molar-refractivity contribution in [3.63, 3.8) is 0 Å². The number of ether oxygens (including phenoxy) is 1. The summed E-state index contributed by atoms with van der Waals surface area (Å²) < 4.78 is 5.35. The maximum absolute atomic E-state index is 10.6. The summed E-state index contributed by atoms with van der Waals surface area (Å²) in [6.07, 6.45) is 0. The molecule has 1 atom stereocenters. The first kappa shape index (κ1) is 17.6. The fourth-order valence-corrected chi connectivity index (χ4v) is 3.97. The summed E-state index contributed by atoms with van der Waals surface area (Å²) >= 11 is 1.80. The maximum atomic E-state index is 10.6. The summed E-state index contributed by atoms with van der Waals surface area (Å²) in [6, 6.07) is 14.8. The molecule has 130 valence electrons. The molecule has 3 rings (SSSR count). The third kappa shape index (κ3) is 5.13. The first-order valence-electron chi connectivity index (χ1n) is 8.50. The van der Waals surface area contributed by atoms with Crippen LogP contribution in [0.5, 0.6) is 0 Å². The minimum Gasteiger partial charge on any atom is -0.388 e. The second-order valence-electron chi connectivity index (χ2n) is 6.62. The number of rotatable bonds is 7. The van der Waals surface area contributed by atoms with Crippen LogP contribution in [0.25, 0.3) is 10.4 Å². The molecule has 24 heavy (non-hydrogen) atoms. The summed E-state index contributed by atoms with van der Waals surface area (Å²) in [7, 11) is 0. The van der Waals surface area contributed by atoms with E-state index in [4.69, 9.17) is 4.74 Å². The van der Waals surface area contributed by atoms with E-state index >= 15 is 0 Å². The topological polar surface area (TPSA) is 44.7 Å². The van der Waals surface area contributed by atoms with Crippen molar-refractivity contribution in [2.24, 2.45) is 0 Å². The van der Waals surface area contributed by atoms with E-state index in [0.29, 0.717) is 13.1 Å². The number of morpholine rings is 1. The first-order chi connectivity index (χ1) is 11.6. The van der Waals surface area contributed by atoms with E-state index in [9.17, 15) is 5.11 Å². The van der Waals surface area contributed by atoms with Crippen molar-refractivity contribution in [3.05, 3.63) is 47.3 Å². The fraction of sp³-hybridized carbons (Fsp3) is 0.474. The minimum atomic E-state index is -0.725. The summed E-state index contributed by atoms with van der Waals surface area (Å²) in [5.41, 5.74) is 0.532. The lowest BCUT2D eigenvalue weighted by Gasteiger charge is -2.33. The van der Waals surface area contributed by atoms with E-state index in [0.717, 1.165) is 32.8 Å². The number of aliphatic hydroxyl groups is 1. The molecule has 1 saturated heterocycles. The Labute approximate surface area is 148 Å². The standard InChI is InChI=1S/C19H26N2O2S/c1-19(22,15-21-9-11-23-12-10-21)14-20-13-17-7-8-18(24-17)16-5-3-2-4-6-16/h2-8,20,22H,9-15H2,1H3. The highest BCUT2D eigenvalue weighted by Gasteiger charge is 2.24. The fourth-order valence-electron chi connectivity index (χ4n) is 2.98. The largest absolute Gasteiger partial charge is 0.388 e. The van der Waals surface area contributed by atoms with Gasteiger partial charge in [0.1, 0.15) is 0 Å². The molecule has 1 fully saturated rings. The van der Waals surface area contributed by atoms with E-state index in [1.165, 1.54) is 15.3 Å². The minimum absolute atomic E-state index is 0.586. The molecule has 2 heterocycles. The van der Waals surface area contributed by atoms with Crippen molar-refractivity contribution in [1.29, 1.82) is 0 Å². The van der Waals surface area contributed by atoms with Crippen molar-refractivity contribution in [2.75, 3.05) is 39.4 Å². The van der Waals surface area contributed by atoms with E-state index in [-0.39, 0.29) is 0 Å². The highest BCUT2D eigenvalue weighted by molar-refractivity contribution is 7.15. The van der Waals surface area contributed by atoms with Gasteiger partial charge in [0.15, 0.2) is 0 Å². The Hall–Kier alpha value is -1.24. The molecule has 2 aromatic rings. The van der Waals surface area contributed by atoms with Gasteiger partial charge < -0.3 is 15.2 Å². The average Bonchev–Trinajstić information content (AvgIpc) is 3.05. The normalized spacial score (nSPS) is 18.4. The van der Waals surface area contributed by atoms with Gasteiger partial charge in [-0.3, -0.25) is 4.90 Å². The Morgan fingerprint density at radius 3 is 2.67 bits per heavy atom. The third-order valence-electron chi connectivity index (χ3n) is 4.19. The van der Waals surface area contributed by atoms with Gasteiger partial charge in [0, 0.05) is 42.5 Å². The highest BCUT2D eigenvalue weighted by Crippen LogP contribution is 2.27. The molecule has 0 aliphatic carbocycles. The monoisotopic (exact) mass is 346 g/mol. The quantitative estimate of drug-likeness (QED) is 0.809. The zero-order valence-corrected chi connectivity index (χ0v) is 15.0. The Kier molecular flexibility index (Phi) is 6.03. The van der Waals surface area contributed by atoms with Crippen LogP contribution in [0.3, 0.4) is 0 Å². The van der Waals surface area contributed by atoms with Gasteiger partial charge >= 0.3 is 0 Å². The summed E-state index contributed by atoms with van der Waals surface area (Å²) in [6.45, 7) is 7.30. The number of β-amino-alcohol motifs (C(OH)–C–C–N with tert-alkyl or cyclic N) is 1. The molecule has 0 bridgehead atoms. The van der Waals surface area contributed by atoms with Crippen LogP contribution in [0.4, 0.5) is 0 Å². The van der Waals surface area contributed by atoms with Crippen molar-refractivity contribution in [2.45, 2.75) is 19.1 Å². The zero-order chi connectivity index (χ0) is 16.8. The van der Waals surface area contributed by atoms with Crippen LogP contribution in [0.1, 0.15) is 11.8 Å². The number of thiophene rings is 1. The molecule has 0 spiro atoms. The van der Waals surface area contributed by atoms with Gasteiger partial charge in [0.2, 0.25) is 0 Å². The van der Waals surface area contributed by atoms with E-state index in [1.807, 2.05) is 13.0 Å². The number of nitrogens with zero attached hydrogens (tertiary/aromatic N) is 1. The SMILES string of the molecule is CC(O)(CNCc1ccc(-c2ccccc2)s1)CN1CCOCC1. The third-order valence-corrected chi connectivity index (χ3v) is 5.33. The predicted molar refractivity (Wildman–Crippen MR) is 99.3 cm³/mol. The van der Waals surface area contributed by atoms with Gasteiger partial charge in [-0.2, -0.15) is 0 Å². The number of nitrogens with one attached hydrogen (secondary N) is 1. The Bertz CT molecular complexity index is 621. The van der Waals surface area contributed by atoms with Crippen molar-refractivity contribution in [3.8, 4) is 10.4 Å². The molecule has 0 saturated carbocycles. The molecular weight excluding hydrogens is 320 g/mol. The second-order valence-corrected chi connectivity index (χ2v) is 7.79. The van der Waals surface area contributed by atoms with Crippen LogP contribution in [-0.4, -0.2) is 55.0 Å². The van der Waals surface area contributed by atoms with Gasteiger partial charge in [0.05, 0.1) is 18.8 Å². The number of hydrogen-bond acceptors (Lipinski definition) is 5. The number of hydrogen-bond donors (Lipinski definition) is 2. The molecule has 1 aliphatic rings. The molecule has 1 aromatic carbocycles. The van der Waals surface area contributed by atoms with Gasteiger partial charge in [-0.1, -0.05) is 30.3 Å². The van der Waals surface area contributed by atoms with Gasteiger partial charge in [-0.25, -0.2) is 0 Å². The highest BCUT2D eigenvalue weighted by atomic mass is 32.1. The second kappa shape index (κ2) is 8.23. The van der Waals surface area contributed by atoms with E-state index in [2.05, 4.69) is 46.6 Å². The average molecular weight is 346 g/mol. The summed E-state index contributed by atoms with van der Waals surface area (Å²) in [4.78, 5) is 4.84. The molecule has 0 radical (unpaired) electrons. The zero-order valence-electron chi connectivity index (χ0n) is 14.2. The van der Waals surface area contributed by atoms with Crippen molar-refractivity contribution < 1.29 is 9.84 Å². The Balaban J connectivity index is 1.46. The summed E-state index contributed by atoms with van der Waals surface area (Å²) in [5.74, 6) is 0. The molecule has 0 amide bonds. The van der Waals surface area contributed by atoms with Crippen LogP contribution in [0.15, 0.2) is 42.5 Å². The van der Waals surface area contributed by atoms with Crippen LogP contribution >= 0.6 is 11.3 Å². The lowest BCUT2D eigenvalue weighted by atomic mass is 10.1.